The number of benzene rings is 1. The molecular formula is C9H5F2O2-. The van der Waals surface area contributed by atoms with E-state index in [2.05, 4.69) is 0 Å². The molecular weight excluding hydrogens is 178 g/mol. The Morgan fingerprint density at radius 1 is 1.31 bits per heavy atom. The molecule has 0 heterocycles. The molecule has 0 saturated carbocycles. The third-order valence-corrected chi connectivity index (χ3v) is 1.39. The van der Waals surface area contributed by atoms with Gasteiger partial charge in [0.05, 0.1) is 5.97 Å². The zero-order valence-electron chi connectivity index (χ0n) is 6.46. The van der Waals surface area contributed by atoms with Gasteiger partial charge in [-0.1, -0.05) is 6.07 Å². The van der Waals surface area contributed by atoms with Crippen molar-refractivity contribution in [3.63, 3.8) is 0 Å². The second-order valence-electron chi connectivity index (χ2n) is 2.29. The number of hydrogen-bond acceptors (Lipinski definition) is 2. The molecule has 0 amide bonds. The number of carbonyl (C=O) groups excluding carboxylic acids is 1. The van der Waals surface area contributed by atoms with Gasteiger partial charge in [-0.2, -0.15) is 0 Å². The summed E-state index contributed by atoms with van der Waals surface area (Å²) in [5.41, 5.74) is -0.383. The van der Waals surface area contributed by atoms with Crippen LogP contribution in [0.5, 0.6) is 0 Å². The van der Waals surface area contributed by atoms with Gasteiger partial charge in [-0.15, -0.1) is 0 Å². The van der Waals surface area contributed by atoms with Crippen LogP contribution >= 0.6 is 0 Å². The van der Waals surface area contributed by atoms with Crippen LogP contribution in [0.1, 0.15) is 5.56 Å². The molecule has 0 radical (unpaired) electrons. The monoisotopic (exact) mass is 183 g/mol. The van der Waals surface area contributed by atoms with Gasteiger partial charge in [0.15, 0.2) is 0 Å². The van der Waals surface area contributed by atoms with Crippen molar-refractivity contribution in [2.75, 3.05) is 0 Å². The predicted molar refractivity (Wildman–Crippen MR) is 40.4 cm³/mol. The lowest BCUT2D eigenvalue weighted by molar-refractivity contribution is -0.297. The summed E-state index contributed by atoms with van der Waals surface area (Å²) in [7, 11) is 0. The Hall–Kier alpha value is -1.71. The van der Waals surface area contributed by atoms with E-state index < -0.39 is 17.6 Å². The molecule has 0 aromatic heterocycles. The minimum Gasteiger partial charge on any atom is -0.545 e. The van der Waals surface area contributed by atoms with E-state index in [-0.39, 0.29) is 5.56 Å². The van der Waals surface area contributed by atoms with Crippen molar-refractivity contribution in [2.45, 2.75) is 0 Å². The minimum absolute atomic E-state index is 0.383. The van der Waals surface area contributed by atoms with Crippen LogP contribution in [0.3, 0.4) is 0 Å². The molecule has 13 heavy (non-hydrogen) atoms. The highest BCUT2D eigenvalue weighted by Crippen LogP contribution is 2.13. The van der Waals surface area contributed by atoms with Crippen molar-refractivity contribution >= 4 is 12.0 Å². The van der Waals surface area contributed by atoms with Crippen molar-refractivity contribution in [3.8, 4) is 0 Å². The highest BCUT2D eigenvalue weighted by atomic mass is 19.1. The summed E-state index contributed by atoms with van der Waals surface area (Å²) < 4.78 is 25.6. The molecule has 2 nitrogen and oxygen atoms in total. The largest absolute Gasteiger partial charge is 0.545 e. The Morgan fingerprint density at radius 2 is 1.85 bits per heavy atom. The number of aliphatic carboxylic acids is 1. The lowest BCUT2D eigenvalue weighted by Crippen LogP contribution is -2.18. The van der Waals surface area contributed by atoms with Gasteiger partial charge in [-0.3, -0.25) is 0 Å². The van der Waals surface area contributed by atoms with E-state index in [4.69, 9.17) is 0 Å². The van der Waals surface area contributed by atoms with Gasteiger partial charge in [0, 0.05) is 5.56 Å². The van der Waals surface area contributed by atoms with Crippen LogP contribution < -0.4 is 5.11 Å². The summed E-state index contributed by atoms with van der Waals surface area (Å²) in [6.45, 7) is 0. The molecule has 0 fully saturated rings. The first-order valence-corrected chi connectivity index (χ1v) is 3.44. The molecule has 0 spiro atoms. The molecule has 0 N–H and O–H groups in total. The third kappa shape index (κ3) is 2.37. The number of halogens is 2. The smallest absolute Gasteiger partial charge is 0.133 e. The third-order valence-electron chi connectivity index (χ3n) is 1.39. The lowest BCUT2D eigenvalue weighted by Gasteiger charge is -1.98. The molecule has 1 aromatic rings. The molecule has 0 bridgehead atoms. The maximum Gasteiger partial charge on any atom is 0.133 e. The van der Waals surface area contributed by atoms with Crippen LogP contribution in [-0.4, -0.2) is 5.97 Å². The maximum absolute atomic E-state index is 12.8. The summed E-state index contributed by atoms with van der Waals surface area (Å²) >= 11 is 0. The van der Waals surface area contributed by atoms with Gasteiger partial charge in [0.2, 0.25) is 0 Å². The van der Waals surface area contributed by atoms with E-state index in [1.165, 1.54) is 6.07 Å². The number of carbonyl (C=O) groups is 1. The zero-order valence-corrected chi connectivity index (χ0v) is 6.46. The average Bonchev–Trinajstić information content (AvgIpc) is 2.03. The van der Waals surface area contributed by atoms with E-state index in [1.54, 1.807) is 0 Å². The van der Waals surface area contributed by atoms with Gasteiger partial charge in [-0.25, -0.2) is 8.78 Å². The Kier molecular flexibility index (Phi) is 2.74. The van der Waals surface area contributed by atoms with E-state index in [1.807, 2.05) is 0 Å². The first kappa shape index (κ1) is 9.38. The van der Waals surface area contributed by atoms with Gasteiger partial charge in [0.1, 0.15) is 11.6 Å². The van der Waals surface area contributed by atoms with Crippen LogP contribution in [0.2, 0.25) is 0 Å². The van der Waals surface area contributed by atoms with Crippen molar-refractivity contribution < 1.29 is 18.7 Å². The standard InChI is InChI=1S/C9H6F2O2/c10-7-2-1-3-8(11)6(7)4-5-9(12)13/h1-5H,(H,12,13)/p-1/b5-4-. The van der Waals surface area contributed by atoms with Crippen molar-refractivity contribution in [3.05, 3.63) is 41.5 Å². The maximum atomic E-state index is 12.8. The number of carboxylic acids is 1. The van der Waals surface area contributed by atoms with Gasteiger partial charge in [-0.05, 0) is 24.3 Å². The van der Waals surface area contributed by atoms with Gasteiger partial charge >= 0.3 is 0 Å². The van der Waals surface area contributed by atoms with Crippen molar-refractivity contribution in [1.82, 2.24) is 0 Å². The van der Waals surface area contributed by atoms with Crippen LogP contribution in [0.15, 0.2) is 24.3 Å². The van der Waals surface area contributed by atoms with E-state index >= 15 is 0 Å². The first-order valence-electron chi connectivity index (χ1n) is 3.44. The quantitative estimate of drug-likeness (QED) is 0.634. The van der Waals surface area contributed by atoms with Crippen molar-refractivity contribution in [1.29, 1.82) is 0 Å². The normalized spacial score (nSPS) is 10.6. The fourth-order valence-electron chi connectivity index (χ4n) is 0.821. The molecule has 0 aliphatic heterocycles. The molecule has 0 atom stereocenters. The molecule has 1 aromatic carbocycles. The average molecular weight is 183 g/mol. The van der Waals surface area contributed by atoms with Crippen LogP contribution in [0.4, 0.5) is 8.78 Å². The second-order valence-corrected chi connectivity index (χ2v) is 2.29. The summed E-state index contributed by atoms with van der Waals surface area (Å²) in [4.78, 5) is 9.95. The number of rotatable bonds is 2. The zero-order chi connectivity index (χ0) is 9.84. The fraction of sp³-hybridized carbons (Fsp3) is 0. The highest BCUT2D eigenvalue weighted by molar-refractivity contribution is 5.83. The summed E-state index contributed by atoms with van der Waals surface area (Å²) in [6, 6.07) is 3.27. The molecule has 0 aliphatic rings. The van der Waals surface area contributed by atoms with E-state index in [9.17, 15) is 18.7 Å². The topological polar surface area (TPSA) is 40.1 Å². The molecule has 0 aliphatic carbocycles. The molecule has 4 heteroatoms. The van der Waals surface area contributed by atoms with Crippen molar-refractivity contribution in [2.24, 2.45) is 0 Å². The fourth-order valence-corrected chi connectivity index (χ4v) is 0.821. The molecule has 0 saturated heterocycles. The number of carboxylic acid groups (broad SMARTS) is 1. The Balaban J connectivity index is 3.06. The molecule has 68 valence electrons. The Labute approximate surface area is 73.1 Å². The van der Waals surface area contributed by atoms with E-state index in [0.29, 0.717) is 6.08 Å². The lowest BCUT2D eigenvalue weighted by atomic mass is 10.2. The van der Waals surface area contributed by atoms with Crippen LogP contribution in [-0.2, 0) is 4.79 Å². The van der Waals surface area contributed by atoms with Gasteiger partial charge < -0.3 is 9.90 Å². The Bertz CT molecular complexity index is 338. The summed E-state index contributed by atoms with van der Waals surface area (Å²) in [5, 5.41) is 9.95. The molecule has 0 unspecified atom stereocenters. The number of hydrogen-bond donors (Lipinski definition) is 0. The first-order chi connectivity index (χ1) is 6.11. The highest BCUT2D eigenvalue weighted by Gasteiger charge is 2.03. The SMILES string of the molecule is O=C([O-])/C=C\c1c(F)cccc1F. The molecule has 1 rings (SSSR count). The van der Waals surface area contributed by atoms with Crippen LogP contribution in [0.25, 0.3) is 6.08 Å². The van der Waals surface area contributed by atoms with Gasteiger partial charge in [0.25, 0.3) is 0 Å². The second kappa shape index (κ2) is 3.80. The van der Waals surface area contributed by atoms with E-state index in [0.717, 1.165) is 18.2 Å². The predicted octanol–water partition coefficient (Wildman–Crippen LogP) is 0.728. The Morgan fingerprint density at radius 3 is 2.31 bits per heavy atom. The summed E-state index contributed by atoms with van der Waals surface area (Å²) in [6.07, 6.45) is 1.39. The summed E-state index contributed by atoms with van der Waals surface area (Å²) in [5.74, 6) is -3.11. The minimum atomic E-state index is -1.50. The van der Waals surface area contributed by atoms with Crippen LogP contribution in [0, 0.1) is 11.6 Å².